The van der Waals surface area contributed by atoms with Crippen molar-refractivity contribution in [2.45, 2.75) is 60.2 Å². The molecule has 1 aromatic rings. The Kier molecular flexibility index (Phi) is 6.59. The van der Waals surface area contributed by atoms with Crippen LogP contribution in [0.3, 0.4) is 0 Å². The van der Waals surface area contributed by atoms with Crippen molar-refractivity contribution in [3.8, 4) is 0 Å². The number of nitrogens with zero attached hydrogens (tertiary/aromatic N) is 1. The molecule has 1 N–H and O–H groups in total. The Balaban J connectivity index is 2.48. The van der Waals surface area contributed by atoms with Crippen LogP contribution < -0.4 is 5.32 Å². The van der Waals surface area contributed by atoms with Crippen molar-refractivity contribution >= 4 is 0 Å². The lowest BCUT2D eigenvalue weighted by atomic mass is 10.1. The minimum absolute atomic E-state index is 0.488. The molecule has 0 radical (unpaired) electrons. The number of nitrogens with one attached hydrogen (secondary N) is 1. The highest BCUT2D eigenvalue weighted by atomic mass is 16.3. The highest BCUT2D eigenvalue weighted by Gasteiger charge is 2.10. The van der Waals surface area contributed by atoms with Crippen LogP contribution in [0.1, 0.15) is 51.2 Å². The lowest BCUT2D eigenvalue weighted by Crippen LogP contribution is -2.22. The zero-order valence-electron chi connectivity index (χ0n) is 13.4. The van der Waals surface area contributed by atoms with Crippen LogP contribution in [0.25, 0.3) is 0 Å². The van der Waals surface area contributed by atoms with Gasteiger partial charge in [0.1, 0.15) is 11.5 Å². The summed E-state index contributed by atoms with van der Waals surface area (Å²) in [4.78, 5) is 2.33. The molecule has 0 saturated heterocycles. The van der Waals surface area contributed by atoms with E-state index in [2.05, 4.69) is 57.9 Å². The molecule has 110 valence electrons. The summed E-state index contributed by atoms with van der Waals surface area (Å²) < 4.78 is 5.94. The number of hydrogen-bond acceptors (Lipinski definition) is 3. The van der Waals surface area contributed by atoms with Gasteiger partial charge in [-0.3, -0.25) is 4.90 Å². The minimum atomic E-state index is 0.488. The molecule has 1 aromatic heterocycles. The van der Waals surface area contributed by atoms with E-state index in [1.807, 2.05) is 0 Å². The third kappa shape index (κ3) is 6.26. The molecule has 3 nitrogen and oxygen atoms in total. The normalized spacial score (nSPS) is 12.1. The quantitative estimate of drug-likeness (QED) is 0.780. The van der Waals surface area contributed by atoms with Gasteiger partial charge in [-0.15, -0.1) is 0 Å². The first-order valence-electron chi connectivity index (χ1n) is 7.38. The third-order valence-corrected chi connectivity index (χ3v) is 3.26. The van der Waals surface area contributed by atoms with Gasteiger partial charge in [0.05, 0.1) is 13.1 Å². The summed E-state index contributed by atoms with van der Waals surface area (Å²) in [6.07, 6.45) is 1.23. The van der Waals surface area contributed by atoms with Gasteiger partial charge in [0.15, 0.2) is 0 Å². The molecule has 19 heavy (non-hydrogen) atoms. The van der Waals surface area contributed by atoms with Crippen LogP contribution >= 0.6 is 0 Å². The Bertz CT molecular complexity index is 369. The largest absolute Gasteiger partial charge is 0.463 e. The summed E-state index contributed by atoms with van der Waals surface area (Å²) in [7, 11) is 2.16. The predicted octanol–water partition coefficient (Wildman–Crippen LogP) is 3.56. The van der Waals surface area contributed by atoms with E-state index in [0.717, 1.165) is 37.1 Å². The second-order valence-corrected chi connectivity index (χ2v) is 6.27. The van der Waals surface area contributed by atoms with Gasteiger partial charge in [-0.25, -0.2) is 0 Å². The van der Waals surface area contributed by atoms with Gasteiger partial charge in [0, 0.05) is 6.04 Å². The predicted molar refractivity (Wildman–Crippen MR) is 81.2 cm³/mol. The summed E-state index contributed by atoms with van der Waals surface area (Å²) in [5.41, 5.74) is 1.25. The number of furan rings is 1. The lowest BCUT2D eigenvalue weighted by Gasteiger charge is -2.16. The summed E-state index contributed by atoms with van der Waals surface area (Å²) in [5, 5.41) is 3.40. The second-order valence-electron chi connectivity index (χ2n) is 6.27. The molecule has 0 fully saturated rings. The standard InChI is InChI=1S/C16H30N2O/c1-12(2)7-8-18(6)11-15-9-14(5)16(19-15)10-17-13(3)4/h9,12-13,17H,7-8,10-11H2,1-6H3. The molecular weight excluding hydrogens is 236 g/mol. The van der Waals surface area contributed by atoms with Crippen LogP contribution in [0.15, 0.2) is 10.5 Å². The average molecular weight is 266 g/mol. The maximum absolute atomic E-state index is 5.94. The molecule has 0 atom stereocenters. The van der Waals surface area contributed by atoms with Crippen molar-refractivity contribution in [3.63, 3.8) is 0 Å². The third-order valence-electron chi connectivity index (χ3n) is 3.26. The van der Waals surface area contributed by atoms with E-state index in [0.29, 0.717) is 6.04 Å². The number of aryl methyl sites for hydroxylation is 1. The first-order chi connectivity index (χ1) is 8.88. The van der Waals surface area contributed by atoms with E-state index < -0.39 is 0 Å². The molecule has 0 aromatic carbocycles. The summed E-state index contributed by atoms with van der Waals surface area (Å²) in [6, 6.07) is 2.66. The SMILES string of the molecule is Cc1cc(CN(C)CCC(C)C)oc1CNC(C)C. The maximum atomic E-state index is 5.94. The van der Waals surface area contributed by atoms with Gasteiger partial charge in [-0.05, 0) is 44.5 Å². The summed E-state index contributed by atoms with van der Waals surface area (Å²) in [6.45, 7) is 13.8. The van der Waals surface area contributed by atoms with E-state index >= 15 is 0 Å². The summed E-state index contributed by atoms with van der Waals surface area (Å²) >= 11 is 0. The van der Waals surface area contributed by atoms with Crippen LogP contribution in [0.5, 0.6) is 0 Å². The van der Waals surface area contributed by atoms with Crippen molar-refractivity contribution < 1.29 is 4.42 Å². The van der Waals surface area contributed by atoms with Crippen molar-refractivity contribution in [1.82, 2.24) is 10.2 Å². The van der Waals surface area contributed by atoms with Gasteiger partial charge in [0.2, 0.25) is 0 Å². The van der Waals surface area contributed by atoms with Crippen molar-refractivity contribution in [1.29, 1.82) is 0 Å². The van der Waals surface area contributed by atoms with Crippen molar-refractivity contribution in [2.24, 2.45) is 5.92 Å². The number of hydrogen-bond donors (Lipinski definition) is 1. The van der Waals surface area contributed by atoms with Crippen molar-refractivity contribution in [3.05, 3.63) is 23.2 Å². The van der Waals surface area contributed by atoms with Crippen LogP contribution in [0.2, 0.25) is 0 Å². The fourth-order valence-corrected chi connectivity index (χ4v) is 1.96. The van der Waals surface area contributed by atoms with Crippen LogP contribution in [0, 0.1) is 12.8 Å². The average Bonchev–Trinajstić information content (AvgIpc) is 2.64. The molecule has 0 saturated carbocycles. The first-order valence-corrected chi connectivity index (χ1v) is 7.38. The molecule has 0 aliphatic rings. The highest BCUT2D eigenvalue weighted by molar-refractivity contribution is 5.20. The lowest BCUT2D eigenvalue weighted by molar-refractivity contribution is 0.273. The van der Waals surface area contributed by atoms with Gasteiger partial charge in [-0.1, -0.05) is 27.7 Å². The fourth-order valence-electron chi connectivity index (χ4n) is 1.96. The maximum Gasteiger partial charge on any atom is 0.120 e. The van der Waals surface area contributed by atoms with Gasteiger partial charge in [0.25, 0.3) is 0 Å². The van der Waals surface area contributed by atoms with Crippen molar-refractivity contribution in [2.75, 3.05) is 13.6 Å². The van der Waals surface area contributed by atoms with Gasteiger partial charge in [-0.2, -0.15) is 0 Å². The molecule has 1 rings (SSSR count). The Morgan fingerprint density at radius 1 is 1.26 bits per heavy atom. The fraction of sp³-hybridized carbons (Fsp3) is 0.750. The molecular formula is C16H30N2O. The zero-order chi connectivity index (χ0) is 14.4. The van der Waals surface area contributed by atoms with E-state index in [4.69, 9.17) is 4.42 Å². The van der Waals surface area contributed by atoms with Crippen LogP contribution in [0.4, 0.5) is 0 Å². The smallest absolute Gasteiger partial charge is 0.120 e. The van der Waals surface area contributed by atoms with E-state index in [1.165, 1.54) is 12.0 Å². The van der Waals surface area contributed by atoms with E-state index in [-0.39, 0.29) is 0 Å². The molecule has 0 amide bonds. The Morgan fingerprint density at radius 2 is 1.95 bits per heavy atom. The second kappa shape index (κ2) is 7.71. The minimum Gasteiger partial charge on any atom is -0.463 e. The monoisotopic (exact) mass is 266 g/mol. The molecule has 0 aliphatic carbocycles. The molecule has 0 unspecified atom stereocenters. The Hall–Kier alpha value is -0.800. The first kappa shape index (κ1) is 16.3. The Morgan fingerprint density at radius 3 is 2.53 bits per heavy atom. The zero-order valence-corrected chi connectivity index (χ0v) is 13.4. The van der Waals surface area contributed by atoms with Gasteiger partial charge < -0.3 is 9.73 Å². The topological polar surface area (TPSA) is 28.4 Å². The highest BCUT2D eigenvalue weighted by Crippen LogP contribution is 2.16. The molecule has 3 heteroatoms. The summed E-state index contributed by atoms with van der Waals surface area (Å²) in [5.74, 6) is 2.90. The molecule has 0 spiro atoms. The molecule has 1 heterocycles. The molecule has 0 bridgehead atoms. The van der Waals surface area contributed by atoms with E-state index in [9.17, 15) is 0 Å². The number of rotatable bonds is 8. The molecule has 0 aliphatic heterocycles. The Labute approximate surface area is 118 Å². The van der Waals surface area contributed by atoms with E-state index in [1.54, 1.807) is 0 Å². The van der Waals surface area contributed by atoms with Crippen LogP contribution in [-0.4, -0.2) is 24.5 Å². The van der Waals surface area contributed by atoms with Gasteiger partial charge >= 0.3 is 0 Å². The van der Waals surface area contributed by atoms with Crippen LogP contribution in [-0.2, 0) is 13.1 Å².